The summed E-state index contributed by atoms with van der Waals surface area (Å²) in [4.78, 5) is 25.4. The Bertz CT molecular complexity index is 468. The fraction of sp³-hybridized carbons (Fsp3) is 0.467. The molecule has 1 amide bonds. The minimum absolute atomic E-state index is 0.0215. The molecule has 1 aliphatic heterocycles. The van der Waals surface area contributed by atoms with Crippen LogP contribution in [0.2, 0.25) is 0 Å². The Balaban J connectivity index is 1.84. The van der Waals surface area contributed by atoms with Gasteiger partial charge >= 0.3 is 0 Å². The van der Waals surface area contributed by atoms with Crippen molar-refractivity contribution < 1.29 is 14.3 Å². The largest absolute Gasteiger partial charge is 0.493 e. The Hall–Kier alpha value is -1.84. The maximum Gasteiger partial charge on any atom is 0.226 e. The fourth-order valence-corrected chi connectivity index (χ4v) is 2.29. The van der Waals surface area contributed by atoms with Gasteiger partial charge < -0.3 is 9.64 Å². The number of para-hydroxylation sites is 1. The van der Waals surface area contributed by atoms with Crippen molar-refractivity contribution in [3.63, 3.8) is 0 Å². The predicted octanol–water partition coefficient (Wildman–Crippen LogP) is 2.04. The van der Waals surface area contributed by atoms with Gasteiger partial charge in [0.05, 0.1) is 18.6 Å². The number of nitrogens with zero attached hydrogens (tertiary/aromatic N) is 1. The van der Waals surface area contributed by atoms with Crippen LogP contribution in [-0.2, 0) is 9.59 Å². The lowest BCUT2D eigenvalue weighted by atomic mass is 10.0. The summed E-state index contributed by atoms with van der Waals surface area (Å²) in [5, 5.41) is 0. The summed E-state index contributed by atoms with van der Waals surface area (Å²) in [6, 6.07) is 9.40. The maximum absolute atomic E-state index is 12.1. The first-order chi connectivity index (χ1) is 9.01. The number of likely N-dealkylation sites (tertiary alicyclic amines) is 1. The molecule has 1 heterocycles. The van der Waals surface area contributed by atoms with Gasteiger partial charge in [-0.25, -0.2) is 0 Å². The number of ketones is 1. The quantitative estimate of drug-likeness (QED) is 0.833. The highest BCUT2D eigenvalue weighted by Crippen LogP contribution is 2.25. The molecule has 1 aromatic rings. The van der Waals surface area contributed by atoms with E-state index < -0.39 is 5.54 Å². The van der Waals surface area contributed by atoms with Crippen molar-refractivity contribution in [1.29, 1.82) is 0 Å². The number of rotatable bonds is 4. The molecule has 1 fully saturated rings. The van der Waals surface area contributed by atoms with E-state index in [0.717, 1.165) is 5.75 Å². The van der Waals surface area contributed by atoms with Crippen LogP contribution in [0.4, 0.5) is 0 Å². The number of Topliss-reactive ketones (excluding diaryl/α,β-unsaturated/α-hetero) is 1. The molecular weight excluding hydrogens is 242 g/mol. The molecule has 1 aliphatic rings. The Morgan fingerprint density at radius 1 is 1.32 bits per heavy atom. The van der Waals surface area contributed by atoms with E-state index in [1.165, 1.54) is 0 Å². The van der Waals surface area contributed by atoms with Crippen molar-refractivity contribution in [2.45, 2.75) is 32.2 Å². The van der Waals surface area contributed by atoms with Crippen molar-refractivity contribution in [2.24, 2.45) is 0 Å². The average molecular weight is 261 g/mol. The van der Waals surface area contributed by atoms with E-state index in [1.54, 1.807) is 18.7 Å². The molecule has 0 aliphatic carbocycles. The number of ether oxygens (including phenoxy) is 1. The Labute approximate surface area is 113 Å². The van der Waals surface area contributed by atoms with Crippen LogP contribution in [-0.4, -0.2) is 35.3 Å². The summed E-state index contributed by atoms with van der Waals surface area (Å²) in [5.41, 5.74) is -0.663. The molecule has 102 valence electrons. The number of hydrogen-bond acceptors (Lipinski definition) is 3. The second kappa shape index (κ2) is 5.43. The Morgan fingerprint density at radius 3 is 2.58 bits per heavy atom. The summed E-state index contributed by atoms with van der Waals surface area (Å²) in [7, 11) is 0. The molecule has 0 unspecified atom stereocenters. The zero-order valence-electron chi connectivity index (χ0n) is 11.4. The first kappa shape index (κ1) is 13.6. The Morgan fingerprint density at radius 2 is 2.00 bits per heavy atom. The van der Waals surface area contributed by atoms with E-state index in [-0.39, 0.29) is 11.7 Å². The van der Waals surface area contributed by atoms with Gasteiger partial charge in [0.1, 0.15) is 5.75 Å². The topological polar surface area (TPSA) is 46.6 Å². The lowest BCUT2D eigenvalue weighted by molar-refractivity contribution is -0.139. The highest BCUT2D eigenvalue weighted by molar-refractivity contribution is 5.95. The van der Waals surface area contributed by atoms with Gasteiger partial charge in [-0.2, -0.15) is 0 Å². The molecule has 0 radical (unpaired) electrons. The monoisotopic (exact) mass is 261 g/mol. The van der Waals surface area contributed by atoms with Crippen molar-refractivity contribution >= 4 is 11.7 Å². The lowest BCUT2D eigenvalue weighted by Crippen LogP contribution is -2.46. The molecule has 0 N–H and O–H groups in total. The first-order valence-electron chi connectivity index (χ1n) is 6.53. The molecule has 1 aromatic carbocycles. The van der Waals surface area contributed by atoms with Gasteiger partial charge in [-0.1, -0.05) is 18.2 Å². The van der Waals surface area contributed by atoms with E-state index in [4.69, 9.17) is 4.74 Å². The lowest BCUT2D eigenvalue weighted by Gasteiger charge is -2.30. The summed E-state index contributed by atoms with van der Waals surface area (Å²) in [5.74, 6) is 0.865. The van der Waals surface area contributed by atoms with Gasteiger partial charge in [0, 0.05) is 13.0 Å². The standard InChI is InChI=1S/C15H19NO3/c1-15(2)13(17)8-10-16(15)14(18)9-11-19-12-6-4-3-5-7-12/h3-7H,8-11H2,1-2H3. The third-order valence-corrected chi connectivity index (χ3v) is 3.55. The minimum atomic E-state index is -0.663. The highest BCUT2D eigenvalue weighted by Gasteiger charge is 2.42. The summed E-state index contributed by atoms with van der Waals surface area (Å²) >= 11 is 0. The zero-order valence-corrected chi connectivity index (χ0v) is 11.4. The molecule has 2 rings (SSSR count). The molecule has 0 spiro atoms. The van der Waals surface area contributed by atoms with Gasteiger partial charge in [0.15, 0.2) is 5.78 Å². The minimum Gasteiger partial charge on any atom is -0.493 e. The van der Waals surface area contributed by atoms with Crippen LogP contribution in [0.1, 0.15) is 26.7 Å². The number of carbonyl (C=O) groups is 2. The Kier molecular flexibility index (Phi) is 3.88. The van der Waals surface area contributed by atoms with Crippen LogP contribution < -0.4 is 4.74 Å². The van der Waals surface area contributed by atoms with Crippen molar-refractivity contribution in [3.8, 4) is 5.75 Å². The number of hydrogen-bond donors (Lipinski definition) is 0. The summed E-state index contributed by atoms with van der Waals surface area (Å²) < 4.78 is 5.50. The third-order valence-electron chi connectivity index (χ3n) is 3.55. The van der Waals surface area contributed by atoms with Crippen molar-refractivity contribution in [2.75, 3.05) is 13.2 Å². The summed E-state index contributed by atoms with van der Waals surface area (Å²) in [6.07, 6.45) is 0.754. The molecule has 19 heavy (non-hydrogen) atoms. The van der Waals surface area contributed by atoms with Crippen molar-refractivity contribution in [3.05, 3.63) is 30.3 Å². The average Bonchev–Trinajstić information content (AvgIpc) is 2.65. The number of amides is 1. The van der Waals surface area contributed by atoms with Crippen LogP contribution in [0.5, 0.6) is 5.75 Å². The van der Waals surface area contributed by atoms with Crippen LogP contribution in [0.3, 0.4) is 0 Å². The van der Waals surface area contributed by atoms with Crippen LogP contribution in [0, 0.1) is 0 Å². The van der Waals surface area contributed by atoms with Crippen LogP contribution in [0.15, 0.2) is 30.3 Å². The maximum atomic E-state index is 12.1. The summed E-state index contributed by atoms with van der Waals surface area (Å²) in [6.45, 7) is 4.47. The zero-order chi connectivity index (χ0) is 13.9. The molecule has 0 atom stereocenters. The molecule has 0 aromatic heterocycles. The highest BCUT2D eigenvalue weighted by atomic mass is 16.5. The predicted molar refractivity (Wildman–Crippen MR) is 72.0 cm³/mol. The van der Waals surface area contributed by atoms with Crippen molar-refractivity contribution in [1.82, 2.24) is 4.90 Å². The van der Waals surface area contributed by atoms with Gasteiger partial charge in [-0.05, 0) is 26.0 Å². The second-order valence-corrected chi connectivity index (χ2v) is 5.19. The van der Waals surface area contributed by atoms with Crippen LogP contribution in [0.25, 0.3) is 0 Å². The van der Waals surface area contributed by atoms with E-state index in [9.17, 15) is 9.59 Å². The van der Waals surface area contributed by atoms with Gasteiger partial charge in [0.2, 0.25) is 5.91 Å². The molecule has 4 nitrogen and oxygen atoms in total. The molecule has 4 heteroatoms. The van der Waals surface area contributed by atoms with Gasteiger partial charge in [-0.15, -0.1) is 0 Å². The van der Waals surface area contributed by atoms with E-state index >= 15 is 0 Å². The molecule has 0 saturated carbocycles. The first-order valence-corrected chi connectivity index (χ1v) is 6.53. The normalized spacial score (nSPS) is 17.6. The SMILES string of the molecule is CC1(C)C(=O)CCN1C(=O)CCOc1ccccc1. The fourth-order valence-electron chi connectivity index (χ4n) is 2.29. The molecule has 0 bridgehead atoms. The van der Waals surface area contributed by atoms with Crippen LogP contribution >= 0.6 is 0 Å². The molecular formula is C15H19NO3. The molecule has 1 saturated heterocycles. The smallest absolute Gasteiger partial charge is 0.226 e. The number of carbonyl (C=O) groups excluding carboxylic acids is 2. The third kappa shape index (κ3) is 2.95. The van der Waals surface area contributed by atoms with E-state index in [1.807, 2.05) is 30.3 Å². The second-order valence-electron chi connectivity index (χ2n) is 5.19. The van der Waals surface area contributed by atoms with E-state index in [0.29, 0.717) is 26.0 Å². The number of benzene rings is 1. The van der Waals surface area contributed by atoms with Gasteiger partial charge in [-0.3, -0.25) is 9.59 Å². The van der Waals surface area contributed by atoms with Gasteiger partial charge in [0.25, 0.3) is 0 Å². The van der Waals surface area contributed by atoms with E-state index in [2.05, 4.69) is 0 Å².